The van der Waals surface area contributed by atoms with Crippen molar-refractivity contribution in [2.45, 2.75) is 123 Å². The number of carbonyl (C=O) groups is 1. The zero-order valence-electron chi connectivity index (χ0n) is 19.3. The number of hydrogen-bond donors (Lipinski definition) is 1. The lowest BCUT2D eigenvalue weighted by molar-refractivity contribution is 0.242. The Morgan fingerprint density at radius 1 is 0.897 bits per heavy atom. The molecule has 29 heavy (non-hydrogen) atoms. The minimum atomic E-state index is -0.262. The van der Waals surface area contributed by atoms with Crippen LogP contribution < -0.4 is 10.6 Å². The summed E-state index contributed by atoms with van der Waals surface area (Å²) in [6.07, 6.45) is 18.1. The van der Waals surface area contributed by atoms with Crippen molar-refractivity contribution in [3.63, 3.8) is 0 Å². The summed E-state index contributed by atoms with van der Waals surface area (Å²) in [6, 6.07) is 6.20. The molecule has 3 nitrogen and oxygen atoms in total. The van der Waals surface area contributed by atoms with Crippen LogP contribution in [0.4, 0.5) is 10.5 Å². The molecule has 1 aromatic carbocycles. The van der Waals surface area contributed by atoms with Crippen LogP contribution in [-0.4, -0.2) is 11.6 Å². The van der Waals surface area contributed by atoms with E-state index in [1.165, 1.54) is 75.3 Å². The van der Waals surface area contributed by atoms with E-state index in [-0.39, 0.29) is 11.6 Å². The number of aryl methyl sites for hydroxylation is 2. The molecule has 0 spiro atoms. The van der Waals surface area contributed by atoms with Crippen molar-refractivity contribution in [2.75, 3.05) is 4.90 Å². The highest BCUT2D eigenvalue weighted by atomic mass is 16.2. The molecule has 2 amide bonds. The number of benzene rings is 1. The number of nitrogens with zero attached hydrogens (tertiary/aromatic N) is 1. The maximum Gasteiger partial charge on any atom is 0.319 e. The van der Waals surface area contributed by atoms with Crippen LogP contribution in [0.5, 0.6) is 0 Å². The Labute approximate surface area is 179 Å². The van der Waals surface area contributed by atoms with Crippen molar-refractivity contribution in [3.05, 3.63) is 29.3 Å². The molecular formula is C26H44N2O. The highest BCUT2D eigenvalue weighted by Gasteiger charge is 2.43. The van der Waals surface area contributed by atoms with Gasteiger partial charge in [0.1, 0.15) is 0 Å². The van der Waals surface area contributed by atoms with Gasteiger partial charge in [0.25, 0.3) is 0 Å². The van der Waals surface area contributed by atoms with Crippen molar-refractivity contribution in [3.8, 4) is 0 Å². The summed E-state index contributed by atoms with van der Waals surface area (Å²) in [5, 5.41) is 0. The van der Waals surface area contributed by atoms with Gasteiger partial charge >= 0.3 is 6.03 Å². The molecule has 0 bridgehead atoms. The van der Waals surface area contributed by atoms with E-state index in [4.69, 9.17) is 5.73 Å². The Hall–Kier alpha value is -1.51. The van der Waals surface area contributed by atoms with Crippen LogP contribution in [0.15, 0.2) is 18.2 Å². The number of carbonyl (C=O) groups excluding carboxylic acids is 1. The van der Waals surface area contributed by atoms with Gasteiger partial charge in [0.2, 0.25) is 0 Å². The van der Waals surface area contributed by atoms with E-state index in [1.807, 2.05) is 4.90 Å². The van der Waals surface area contributed by atoms with Gasteiger partial charge in [0.15, 0.2) is 0 Å². The summed E-state index contributed by atoms with van der Waals surface area (Å²) in [5.41, 5.74) is 9.61. The lowest BCUT2D eigenvalue weighted by atomic mass is 9.86. The van der Waals surface area contributed by atoms with Crippen molar-refractivity contribution < 1.29 is 4.79 Å². The number of unbranched alkanes of at least 4 members (excludes halogenated alkanes) is 7. The standard InChI is InChI=1S/C26H44N2O/c1-4-7-8-9-10-11-12-13-19-26(20-14-15-21-26)28(25(27)29)24-22(5-2)17-16-18-23(24)6-3/h16-18H,4-15,19-21H2,1-3H3,(H2,27,29). The Morgan fingerprint density at radius 2 is 1.41 bits per heavy atom. The number of hydrogen-bond acceptors (Lipinski definition) is 1. The van der Waals surface area contributed by atoms with E-state index < -0.39 is 0 Å². The first kappa shape index (κ1) is 23.8. The highest BCUT2D eigenvalue weighted by molar-refractivity contribution is 5.94. The normalized spacial score (nSPS) is 15.6. The number of urea groups is 1. The molecule has 0 unspecified atom stereocenters. The molecule has 1 aliphatic carbocycles. The second-order valence-electron chi connectivity index (χ2n) is 8.96. The topological polar surface area (TPSA) is 46.3 Å². The van der Waals surface area contributed by atoms with Gasteiger partial charge in [0, 0.05) is 5.54 Å². The SMILES string of the molecule is CCCCCCCCCCC1(N(C(N)=O)c2c(CC)cccc2CC)CCCC1. The van der Waals surface area contributed by atoms with Gasteiger partial charge in [-0.25, -0.2) is 4.79 Å². The predicted octanol–water partition coefficient (Wildman–Crippen LogP) is 7.54. The van der Waals surface area contributed by atoms with E-state index in [2.05, 4.69) is 39.0 Å². The Morgan fingerprint density at radius 3 is 1.90 bits per heavy atom. The zero-order valence-corrected chi connectivity index (χ0v) is 19.3. The van der Waals surface area contributed by atoms with Crippen molar-refractivity contribution in [2.24, 2.45) is 5.73 Å². The van der Waals surface area contributed by atoms with Crippen LogP contribution >= 0.6 is 0 Å². The fraction of sp³-hybridized carbons (Fsp3) is 0.731. The molecule has 1 aromatic rings. The van der Waals surface area contributed by atoms with Crippen LogP contribution in [0.25, 0.3) is 0 Å². The molecule has 0 radical (unpaired) electrons. The summed E-state index contributed by atoms with van der Waals surface area (Å²) in [4.78, 5) is 14.9. The molecule has 1 fully saturated rings. The van der Waals surface area contributed by atoms with E-state index in [0.29, 0.717) is 0 Å². The molecule has 164 valence electrons. The summed E-state index contributed by atoms with van der Waals surface area (Å²) in [6.45, 7) is 6.63. The number of anilines is 1. The molecule has 1 aliphatic rings. The van der Waals surface area contributed by atoms with E-state index in [0.717, 1.165) is 37.8 Å². The highest BCUT2D eigenvalue weighted by Crippen LogP contribution is 2.44. The molecule has 1 saturated carbocycles. The molecule has 0 atom stereocenters. The molecule has 2 N–H and O–H groups in total. The third kappa shape index (κ3) is 6.23. The second-order valence-corrected chi connectivity index (χ2v) is 8.96. The van der Waals surface area contributed by atoms with Gasteiger partial charge in [-0.2, -0.15) is 0 Å². The quantitative estimate of drug-likeness (QED) is 0.341. The van der Waals surface area contributed by atoms with Crippen LogP contribution in [0.3, 0.4) is 0 Å². The van der Waals surface area contributed by atoms with Gasteiger partial charge in [-0.3, -0.25) is 4.90 Å². The fourth-order valence-corrected chi connectivity index (χ4v) is 5.29. The van der Waals surface area contributed by atoms with Gasteiger partial charge in [-0.1, -0.05) is 103 Å². The summed E-state index contributed by atoms with van der Waals surface area (Å²) in [5.74, 6) is 0. The van der Waals surface area contributed by atoms with E-state index in [1.54, 1.807) is 0 Å². The van der Waals surface area contributed by atoms with Crippen molar-refractivity contribution >= 4 is 11.7 Å². The molecule has 3 heteroatoms. The molecule has 2 rings (SSSR count). The number of nitrogens with two attached hydrogens (primary N) is 1. The number of para-hydroxylation sites is 1. The number of primary amides is 1. The van der Waals surface area contributed by atoms with Crippen LogP contribution in [0.1, 0.15) is 115 Å². The van der Waals surface area contributed by atoms with Crippen molar-refractivity contribution in [1.29, 1.82) is 0 Å². The number of rotatable bonds is 13. The van der Waals surface area contributed by atoms with Crippen LogP contribution in [0.2, 0.25) is 0 Å². The van der Waals surface area contributed by atoms with Gasteiger partial charge in [-0.15, -0.1) is 0 Å². The van der Waals surface area contributed by atoms with Crippen molar-refractivity contribution in [1.82, 2.24) is 0 Å². The Bertz CT molecular complexity index is 597. The maximum absolute atomic E-state index is 12.8. The first-order valence-corrected chi connectivity index (χ1v) is 12.3. The molecular weight excluding hydrogens is 356 g/mol. The fourth-order valence-electron chi connectivity index (χ4n) is 5.29. The minimum absolute atomic E-state index is 0.0801. The average molecular weight is 401 g/mol. The number of amides is 2. The first-order chi connectivity index (χ1) is 14.1. The zero-order chi connectivity index (χ0) is 21.1. The molecule has 0 aromatic heterocycles. The average Bonchev–Trinajstić information content (AvgIpc) is 3.19. The van der Waals surface area contributed by atoms with Gasteiger partial charge in [-0.05, 0) is 43.2 Å². The summed E-state index contributed by atoms with van der Waals surface area (Å²) in [7, 11) is 0. The van der Waals surface area contributed by atoms with Gasteiger partial charge in [0.05, 0.1) is 5.69 Å². The lowest BCUT2D eigenvalue weighted by Crippen LogP contribution is -2.53. The van der Waals surface area contributed by atoms with Gasteiger partial charge < -0.3 is 5.73 Å². The third-order valence-corrected chi connectivity index (χ3v) is 6.91. The van der Waals surface area contributed by atoms with Crippen LogP contribution in [0, 0.1) is 0 Å². The summed E-state index contributed by atoms with van der Waals surface area (Å²) >= 11 is 0. The maximum atomic E-state index is 12.8. The lowest BCUT2D eigenvalue weighted by Gasteiger charge is -2.42. The monoisotopic (exact) mass is 400 g/mol. The minimum Gasteiger partial charge on any atom is -0.351 e. The molecule has 0 heterocycles. The predicted molar refractivity (Wildman–Crippen MR) is 126 cm³/mol. The smallest absolute Gasteiger partial charge is 0.319 e. The molecule has 0 aliphatic heterocycles. The van der Waals surface area contributed by atoms with Crippen LogP contribution in [-0.2, 0) is 12.8 Å². The third-order valence-electron chi connectivity index (χ3n) is 6.91. The van der Waals surface area contributed by atoms with E-state index >= 15 is 0 Å². The van der Waals surface area contributed by atoms with E-state index in [9.17, 15) is 4.79 Å². The first-order valence-electron chi connectivity index (χ1n) is 12.3. The Balaban J connectivity index is 2.13. The largest absolute Gasteiger partial charge is 0.351 e. The second kappa shape index (κ2) is 12.2. The Kier molecular flexibility index (Phi) is 10.0. The summed E-state index contributed by atoms with van der Waals surface area (Å²) < 4.78 is 0. The molecule has 0 saturated heterocycles.